The van der Waals surface area contributed by atoms with Crippen LogP contribution in [0, 0.1) is 0 Å². The fourth-order valence-corrected chi connectivity index (χ4v) is 5.21. The third-order valence-electron chi connectivity index (χ3n) is 6.06. The number of aromatic amines is 1. The van der Waals surface area contributed by atoms with Gasteiger partial charge in [-0.05, 0) is 51.1 Å². The van der Waals surface area contributed by atoms with Crippen molar-refractivity contribution >= 4 is 28.6 Å². The first-order valence-corrected chi connectivity index (χ1v) is 11.7. The van der Waals surface area contributed by atoms with E-state index in [1.807, 2.05) is 28.8 Å². The second kappa shape index (κ2) is 8.89. The highest BCUT2D eigenvalue weighted by Gasteiger charge is 2.20. The largest absolute Gasteiger partial charge is 0.361 e. The molecule has 152 valence electrons. The van der Waals surface area contributed by atoms with E-state index in [1.54, 1.807) is 0 Å². The van der Waals surface area contributed by atoms with Crippen molar-refractivity contribution in [2.75, 3.05) is 50.8 Å². The van der Waals surface area contributed by atoms with Crippen LogP contribution in [0.5, 0.6) is 0 Å². The van der Waals surface area contributed by atoms with Crippen molar-refractivity contribution in [1.82, 2.24) is 19.7 Å². The first kappa shape index (κ1) is 19.8. The van der Waals surface area contributed by atoms with Gasteiger partial charge in [0.25, 0.3) is 5.91 Å². The Bertz CT molecular complexity index is 812. The molecule has 6 heteroatoms. The van der Waals surface area contributed by atoms with E-state index in [-0.39, 0.29) is 5.91 Å². The highest BCUT2D eigenvalue weighted by atomic mass is 32.2. The summed E-state index contributed by atoms with van der Waals surface area (Å²) in [6, 6.07) is 6.80. The lowest BCUT2D eigenvalue weighted by Crippen LogP contribution is -2.37. The second-order valence-electron chi connectivity index (χ2n) is 8.24. The molecule has 1 N–H and O–H groups in total. The molecule has 0 saturated carbocycles. The maximum atomic E-state index is 12.8. The van der Waals surface area contributed by atoms with Crippen LogP contribution in [0.2, 0.25) is 0 Å². The number of carbonyl (C=O) groups excluding carboxylic acids is 1. The van der Waals surface area contributed by atoms with Crippen LogP contribution in [0.4, 0.5) is 0 Å². The fourth-order valence-electron chi connectivity index (χ4n) is 4.31. The van der Waals surface area contributed by atoms with Gasteiger partial charge in [-0.1, -0.05) is 6.07 Å². The zero-order valence-electron chi connectivity index (χ0n) is 17.1. The van der Waals surface area contributed by atoms with E-state index in [1.165, 1.54) is 23.9 Å². The van der Waals surface area contributed by atoms with Crippen molar-refractivity contribution in [2.45, 2.75) is 32.9 Å². The van der Waals surface area contributed by atoms with E-state index in [9.17, 15) is 4.79 Å². The molecule has 0 atom stereocenters. The summed E-state index contributed by atoms with van der Waals surface area (Å²) in [5.74, 6) is 2.26. The lowest BCUT2D eigenvalue weighted by molar-refractivity contribution is 0.0772. The summed E-state index contributed by atoms with van der Waals surface area (Å²) in [4.78, 5) is 23.3. The van der Waals surface area contributed by atoms with E-state index in [0.717, 1.165) is 61.9 Å². The number of carbonyl (C=O) groups is 1. The van der Waals surface area contributed by atoms with Gasteiger partial charge in [0.2, 0.25) is 0 Å². The summed E-state index contributed by atoms with van der Waals surface area (Å²) in [5.41, 5.74) is 3.21. The normalized spacial score (nSPS) is 20.0. The zero-order chi connectivity index (χ0) is 19.5. The van der Waals surface area contributed by atoms with Crippen molar-refractivity contribution < 1.29 is 4.79 Å². The van der Waals surface area contributed by atoms with E-state index in [0.29, 0.717) is 6.04 Å². The van der Waals surface area contributed by atoms with Gasteiger partial charge in [-0.15, -0.1) is 0 Å². The minimum absolute atomic E-state index is 0.166. The Labute approximate surface area is 172 Å². The molecule has 1 amide bonds. The number of hydrogen-bond donors (Lipinski definition) is 1. The molecule has 0 unspecified atom stereocenters. The topological polar surface area (TPSA) is 42.6 Å². The van der Waals surface area contributed by atoms with Gasteiger partial charge in [-0.2, -0.15) is 11.8 Å². The number of fused-ring (bicyclic) bond motifs is 1. The quantitative estimate of drug-likeness (QED) is 0.855. The molecule has 0 spiro atoms. The SMILES string of the molecule is CC(C)N1CCCN(Cc2c[nH]c3cc(C(=O)N4CCSCC4)ccc23)CC1. The number of H-pyrrole nitrogens is 1. The Kier molecular flexibility index (Phi) is 6.28. The molecule has 2 aliphatic heterocycles. The van der Waals surface area contributed by atoms with Crippen LogP contribution >= 0.6 is 11.8 Å². The van der Waals surface area contributed by atoms with E-state index in [2.05, 4.69) is 40.9 Å². The van der Waals surface area contributed by atoms with Crippen LogP contribution in [0.25, 0.3) is 10.9 Å². The molecular weight excluding hydrogens is 368 g/mol. The van der Waals surface area contributed by atoms with Gasteiger partial charge in [0.1, 0.15) is 0 Å². The standard InChI is InChI=1S/C22H32N4OS/c1-17(2)25-7-3-6-24(8-9-25)16-19-15-23-21-14-18(4-5-20(19)21)22(27)26-10-12-28-13-11-26/h4-5,14-15,17,23H,3,6-13,16H2,1-2H3. The van der Waals surface area contributed by atoms with Gasteiger partial charge in [0.15, 0.2) is 0 Å². The summed E-state index contributed by atoms with van der Waals surface area (Å²) in [5, 5.41) is 1.25. The number of aromatic nitrogens is 1. The van der Waals surface area contributed by atoms with Crippen LogP contribution in [0.3, 0.4) is 0 Å². The molecule has 2 saturated heterocycles. The summed E-state index contributed by atoms with van der Waals surface area (Å²) in [7, 11) is 0. The molecule has 0 aliphatic carbocycles. The second-order valence-corrected chi connectivity index (χ2v) is 9.46. The number of rotatable bonds is 4. The van der Waals surface area contributed by atoms with E-state index in [4.69, 9.17) is 0 Å². The summed E-state index contributed by atoms with van der Waals surface area (Å²) in [6.45, 7) is 11.9. The average Bonchev–Trinajstić information content (AvgIpc) is 2.95. The van der Waals surface area contributed by atoms with Crippen molar-refractivity contribution in [2.24, 2.45) is 0 Å². The van der Waals surface area contributed by atoms with Crippen molar-refractivity contribution in [3.63, 3.8) is 0 Å². The minimum atomic E-state index is 0.166. The third-order valence-corrected chi connectivity index (χ3v) is 7.00. The molecule has 3 heterocycles. The Morgan fingerprint density at radius 2 is 1.93 bits per heavy atom. The lowest BCUT2D eigenvalue weighted by atomic mass is 10.1. The van der Waals surface area contributed by atoms with Crippen molar-refractivity contribution in [3.05, 3.63) is 35.5 Å². The smallest absolute Gasteiger partial charge is 0.253 e. The minimum Gasteiger partial charge on any atom is -0.361 e. The van der Waals surface area contributed by atoms with Crippen LogP contribution in [0.15, 0.2) is 24.4 Å². The lowest BCUT2D eigenvalue weighted by Gasteiger charge is -2.26. The predicted octanol–water partition coefficient (Wildman–Crippen LogP) is 3.27. The Balaban J connectivity index is 1.45. The van der Waals surface area contributed by atoms with E-state index < -0.39 is 0 Å². The van der Waals surface area contributed by atoms with Gasteiger partial charge >= 0.3 is 0 Å². The third kappa shape index (κ3) is 4.39. The van der Waals surface area contributed by atoms with Gasteiger partial charge in [0.05, 0.1) is 0 Å². The maximum Gasteiger partial charge on any atom is 0.253 e. The molecule has 5 nitrogen and oxygen atoms in total. The first-order chi connectivity index (χ1) is 13.6. The van der Waals surface area contributed by atoms with Gasteiger partial charge in [0, 0.05) is 72.9 Å². The Morgan fingerprint density at radius 1 is 1.11 bits per heavy atom. The van der Waals surface area contributed by atoms with Crippen molar-refractivity contribution in [3.8, 4) is 0 Å². The number of nitrogens with one attached hydrogen (secondary N) is 1. The predicted molar refractivity (Wildman–Crippen MR) is 118 cm³/mol. The highest BCUT2D eigenvalue weighted by molar-refractivity contribution is 7.99. The number of amides is 1. The van der Waals surface area contributed by atoms with Crippen molar-refractivity contribution in [1.29, 1.82) is 0 Å². The molecule has 2 fully saturated rings. The fraction of sp³-hybridized carbons (Fsp3) is 0.591. The van der Waals surface area contributed by atoms with Gasteiger partial charge < -0.3 is 9.88 Å². The van der Waals surface area contributed by atoms with Crippen LogP contribution < -0.4 is 0 Å². The Hall–Kier alpha value is -1.50. The maximum absolute atomic E-state index is 12.8. The molecule has 4 rings (SSSR count). The number of hydrogen-bond acceptors (Lipinski definition) is 4. The molecule has 2 aromatic rings. The average molecular weight is 401 g/mol. The van der Waals surface area contributed by atoms with Crippen LogP contribution in [-0.2, 0) is 6.54 Å². The number of nitrogens with zero attached hydrogens (tertiary/aromatic N) is 3. The molecule has 0 bridgehead atoms. The molecule has 1 aromatic carbocycles. The number of benzene rings is 1. The molecule has 28 heavy (non-hydrogen) atoms. The zero-order valence-corrected chi connectivity index (χ0v) is 17.9. The summed E-state index contributed by atoms with van der Waals surface area (Å²) in [6.07, 6.45) is 3.36. The van der Waals surface area contributed by atoms with Crippen LogP contribution in [-0.4, -0.2) is 82.4 Å². The molecule has 0 radical (unpaired) electrons. The molecule has 1 aromatic heterocycles. The molecule has 2 aliphatic rings. The first-order valence-electron chi connectivity index (χ1n) is 10.6. The van der Waals surface area contributed by atoms with E-state index >= 15 is 0 Å². The summed E-state index contributed by atoms with van der Waals surface area (Å²) < 4.78 is 0. The monoisotopic (exact) mass is 400 g/mol. The van der Waals surface area contributed by atoms with Crippen LogP contribution in [0.1, 0.15) is 36.2 Å². The Morgan fingerprint density at radius 3 is 2.71 bits per heavy atom. The summed E-state index contributed by atoms with van der Waals surface area (Å²) >= 11 is 1.93. The van der Waals surface area contributed by atoms with Gasteiger partial charge in [-0.3, -0.25) is 14.6 Å². The molecular formula is C22H32N4OS. The number of thioether (sulfide) groups is 1. The highest BCUT2D eigenvalue weighted by Crippen LogP contribution is 2.23. The van der Waals surface area contributed by atoms with Gasteiger partial charge in [-0.25, -0.2) is 0 Å².